The molecule has 1 aliphatic carbocycles. The van der Waals surface area contributed by atoms with E-state index in [4.69, 9.17) is 9.84 Å². The molecular formula is C12H20O4. The van der Waals surface area contributed by atoms with Gasteiger partial charge in [0.15, 0.2) is 0 Å². The van der Waals surface area contributed by atoms with E-state index in [0.29, 0.717) is 18.9 Å². The molecule has 0 saturated heterocycles. The molecule has 0 aromatic heterocycles. The fourth-order valence-corrected chi connectivity index (χ4v) is 2.25. The number of hydrogen-bond donors (Lipinski definition) is 1. The highest BCUT2D eigenvalue weighted by molar-refractivity contribution is 5.70. The molecule has 1 N–H and O–H groups in total. The summed E-state index contributed by atoms with van der Waals surface area (Å²) in [5, 5.41) is 8.84. The van der Waals surface area contributed by atoms with Crippen LogP contribution in [0.15, 0.2) is 0 Å². The van der Waals surface area contributed by atoms with Crippen molar-refractivity contribution in [1.29, 1.82) is 0 Å². The molecule has 1 aliphatic rings. The number of carboxylic acid groups (broad SMARTS) is 1. The lowest BCUT2D eigenvalue weighted by molar-refractivity contribution is -0.145. The summed E-state index contributed by atoms with van der Waals surface area (Å²) in [6.45, 7) is 2.24. The van der Waals surface area contributed by atoms with E-state index in [9.17, 15) is 9.59 Å². The molecule has 0 aromatic rings. The lowest BCUT2D eigenvalue weighted by atomic mass is 9.80. The number of carbonyl (C=O) groups is 2. The summed E-state index contributed by atoms with van der Waals surface area (Å²) < 4.78 is 4.86. The van der Waals surface area contributed by atoms with Crippen molar-refractivity contribution in [3.05, 3.63) is 0 Å². The molecule has 0 aromatic carbocycles. The number of hydrogen-bond acceptors (Lipinski definition) is 3. The zero-order valence-corrected chi connectivity index (χ0v) is 9.78. The Balaban J connectivity index is 2.17. The normalized spacial score (nSPS) is 25.1. The Morgan fingerprint density at radius 1 is 1.25 bits per heavy atom. The topological polar surface area (TPSA) is 63.6 Å². The Hall–Kier alpha value is -1.06. The molecule has 4 nitrogen and oxygen atoms in total. The molecule has 0 bridgehead atoms. The first-order valence-electron chi connectivity index (χ1n) is 6.02. The van der Waals surface area contributed by atoms with E-state index in [2.05, 4.69) is 0 Å². The Morgan fingerprint density at radius 3 is 2.38 bits per heavy atom. The minimum Gasteiger partial charge on any atom is -0.481 e. The maximum Gasteiger partial charge on any atom is 0.306 e. The molecule has 0 radical (unpaired) electrons. The van der Waals surface area contributed by atoms with Crippen molar-refractivity contribution < 1.29 is 19.4 Å². The Morgan fingerprint density at radius 2 is 1.88 bits per heavy atom. The maximum atomic E-state index is 11.1. The van der Waals surface area contributed by atoms with Crippen molar-refractivity contribution in [2.24, 2.45) is 11.8 Å². The summed E-state index contributed by atoms with van der Waals surface area (Å²) in [5.74, 6) is -0.481. The molecule has 0 spiro atoms. The van der Waals surface area contributed by atoms with E-state index in [1.54, 1.807) is 6.92 Å². The van der Waals surface area contributed by atoms with Crippen LogP contribution < -0.4 is 0 Å². The van der Waals surface area contributed by atoms with Crippen molar-refractivity contribution in [3.8, 4) is 0 Å². The van der Waals surface area contributed by atoms with Crippen LogP contribution in [0.2, 0.25) is 0 Å². The largest absolute Gasteiger partial charge is 0.481 e. The smallest absolute Gasteiger partial charge is 0.306 e. The van der Waals surface area contributed by atoms with E-state index >= 15 is 0 Å². The quantitative estimate of drug-likeness (QED) is 0.733. The molecule has 0 heterocycles. The van der Waals surface area contributed by atoms with Crippen LogP contribution in [0.25, 0.3) is 0 Å². The zero-order chi connectivity index (χ0) is 12.0. The predicted octanol–water partition coefficient (Wildman–Crippen LogP) is 2.22. The maximum absolute atomic E-state index is 11.1. The second kappa shape index (κ2) is 6.51. The second-order valence-corrected chi connectivity index (χ2v) is 4.40. The van der Waals surface area contributed by atoms with E-state index in [1.165, 1.54) is 0 Å². The summed E-state index contributed by atoms with van der Waals surface area (Å²) in [6.07, 6.45) is 4.67. The molecule has 1 saturated carbocycles. The fraction of sp³-hybridized carbons (Fsp3) is 0.833. The summed E-state index contributed by atoms with van der Waals surface area (Å²) >= 11 is 0. The zero-order valence-electron chi connectivity index (χ0n) is 9.78. The third-order valence-electron chi connectivity index (χ3n) is 3.26. The molecule has 4 heteroatoms. The van der Waals surface area contributed by atoms with Crippen LogP contribution in [0.5, 0.6) is 0 Å². The predicted molar refractivity (Wildman–Crippen MR) is 59.0 cm³/mol. The fourth-order valence-electron chi connectivity index (χ4n) is 2.25. The van der Waals surface area contributed by atoms with Gasteiger partial charge in [-0.15, -0.1) is 0 Å². The van der Waals surface area contributed by atoms with Crippen LogP contribution >= 0.6 is 0 Å². The van der Waals surface area contributed by atoms with Gasteiger partial charge in [-0.05, 0) is 44.9 Å². The average molecular weight is 228 g/mol. The van der Waals surface area contributed by atoms with Crippen LogP contribution in [0.3, 0.4) is 0 Å². The van der Waals surface area contributed by atoms with E-state index in [0.717, 1.165) is 32.1 Å². The van der Waals surface area contributed by atoms with Gasteiger partial charge in [-0.2, -0.15) is 0 Å². The standard InChI is InChI=1S/C12H20O4/c1-2-16-11(13)8-5-9-3-6-10(7-4-9)12(14)15/h9-10H,2-8H2,1H3,(H,14,15). The molecular weight excluding hydrogens is 208 g/mol. The minimum absolute atomic E-state index is 0.136. The molecule has 0 aliphatic heterocycles. The second-order valence-electron chi connectivity index (χ2n) is 4.40. The molecule has 16 heavy (non-hydrogen) atoms. The summed E-state index contributed by atoms with van der Waals surface area (Å²) in [5.41, 5.74) is 0. The van der Waals surface area contributed by atoms with Crippen molar-refractivity contribution >= 4 is 11.9 Å². The van der Waals surface area contributed by atoms with Gasteiger partial charge in [0.25, 0.3) is 0 Å². The van der Waals surface area contributed by atoms with Crippen LogP contribution in [-0.2, 0) is 14.3 Å². The number of ether oxygens (including phenoxy) is 1. The first-order valence-corrected chi connectivity index (χ1v) is 6.02. The Kier molecular flexibility index (Phi) is 5.29. The number of carboxylic acids is 1. The van der Waals surface area contributed by atoms with Crippen LogP contribution in [0.1, 0.15) is 45.4 Å². The summed E-state index contributed by atoms with van der Waals surface area (Å²) in [6, 6.07) is 0. The van der Waals surface area contributed by atoms with Crippen molar-refractivity contribution in [2.75, 3.05) is 6.61 Å². The molecule has 0 unspecified atom stereocenters. The molecule has 92 valence electrons. The summed E-state index contributed by atoms with van der Waals surface area (Å²) in [4.78, 5) is 21.9. The van der Waals surface area contributed by atoms with Gasteiger partial charge in [0.2, 0.25) is 0 Å². The lowest BCUT2D eigenvalue weighted by Gasteiger charge is -2.25. The SMILES string of the molecule is CCOC(=O)CCC1CCC(C(=O)O)CC1. The van der Waals surface area contributed by atoms with Gasteiger partial charge in [0, 0.05) is 6.42 Å². The van der Waals surface area contributed by atoms with E-state index in [-0.39, 0.29) is 11.9 Å². The van der Waals surface area contributed by atoms with Gasteiger partial charge in [0.05, 0.1) is 12.5 Å². The minimum atomic E-state index is -0.677. The van der Waals surface area contributed by atoms with E-state index in [1.807, 2.05) is 0 Å². The van der Waals surface area contributed by atoms with Crippen molar-refractivity contribution in [2.45, 2.75) is 45.4 Å². The number of rotatable bonds is 5. The average Bonchev–Trinajstić information content (AvgIpc) is 2.27. The molecule has 0 amide bonds. The van der Waals surface area contributed by atoms with Crippen LogP contribution in [0.4, 0.5) is 0 Å². The molecule has 1 fully saturated rings. The molecule has 0 atom stereocenters. The van der Waals surface area contributed by atoms with Gasteiger partial charge in [-0.25, -0.2) is 0 Å². The van der Waals surface area contributed by atoms with Crippen molar-refractivity contribution in [1.82, 2.24) is 0 Å². The highest BCUT2D eigenvalue weighted by atomic mass is 16.5. The Labute approximate surface area is 96.0 Å². The van der Waals surface area contributed by atoms with Gasteiger partial charge >= 0.3 is 11.9 Å². The van der Waals surface area contributed by atoms with Gasteiger partial charge in [-0.1, -0.05) is 0 Å². The number of esters is 1. The van der Waals surface area contributed by atoms with Crippen molar-refractivity contribution in [3.63, 3.8) is 0 Å². The van der Waals surface area contributed by atoms with Gasteiger partial charge in [0.1, 0.15) is 0 Å². The van der Waals surface area contributed by atoms with Crippen LogP contribution in [-0.4, -0.2) is 23.7 Å². The number of carbonyl (C=O) groups excluding carboxylic acids is 1. The first kappa shape index (κ1) is 13.0. The first-order chi connectivity index (χ1) is 7.63. The van der Waals surface area contributed by atoms with E-state index < -0.39 is 5.97 Å². The summed E-state index contributed by atoms with van der Waals surface area (Å²) in [7, 11) is 0. The highest BCUT2D eigenvalue weighted by Gasteiger charge is 2.25. The van der Waals surface area contributed by atoms with Crippen LogP contribution in [0, 0.1) is 11.8 Å². The number of aliphatic carboxylic acids is 1. The van der Waals surface area contributed by atoms with Gasteiger partial charge < -0.3 is 9.84 Å². The van der Waals surface area contributed by atoms with Gasteiger partial charge in [-0.3, -0.25) is 9.59 Å². The lowest BCUT2D eigenvalue weighted by Crippen LogP contribution is -2.21. The molecule has 1 rings (SSSR count). The monoisotopic (exact) mass is 228 g/mol. The Bertz CT molecular complexity index is 241. The third-order valence-corrected chi connectivity index (χ3v) is 3.26. The third kappa shape index (κ3) is 4.21. The highest BCUT2D eigenvalue weighted by Crippen LogP contribution is 2.31.